The Balaban J connectivity index is 1.51. The summed E-state index contributed by atoms with van der Waals surface area (Å²) in [5.74, 6) is 1.92. The molecular formula is C19H21NO3. The van der Waals surface area contributed by atoms with Crippen molar-refractivity contribution in [3.05, 3.63) is 60.2 Å². The van der Waals surface area contributed by atoms with Crippen LogP contribution in [0.5, 0.6) is 11.5 Å². The molecule has 1 atom stereocenters. The molecule has 4 heteroatoms. The second-order valence-corrected chi connectivity index (χ2v) is 5.70. The van der Waals surface area contributed by atoms with Crippen LogP contribution in [0.25, 0.3) is 0 Å². The third-order valence-electron chi connectivity index (χ3n) is 4.23. The van der Waals surface area contributed by atoms with Crippen molar-refractivity contribution in [2.45, 2.75) is 12.3 Å². The maximum Gasteiger partial charge on any atom is 0.260 e. The van der Waals surface area contributed by atoms with Crippen molar-refractivity contribution in [2.24, 2.45) is 0 Å². The first kappa shape index (κ1) is 15.4. The van der Waals surface area contributed by atoms with Crippen molar-refractivity contribution < 1.29 is 14.3 Å². The molecule has 1 amide bonds. The number of likely N-dealkylation sites (tertiary alicyclic amines) is 1. The Morgan fingerprint density at radius 1 is 1.09 bits per heavy atom. The molecule has 2 aromatic rings. The first-order valence-corrected chi connectivity index (χ1v) is 7.86. The van der Waals surface area contributed by atoms with Crippen LogP contribution < -0.4 is 9.47 Å². The van der Waals surface area contributed by atoms with Gasteiger partial charge in [-0.3, -0.25) is 4.79 Å². The average molecular weight is 311 g/mol. The van der Waals surface area contributed by atoms with Gasteiger partial charge in [0.15, 0.2) is 6.61 Å². The fourth-order valence-electron chi connectivity index (χ4n) is 2.89. The van der Waals surface area contributed by atoms with E-state index in [0.717, 1.165) is 25.3 Å². The van der Waals surface area contributed by atoms with Crippen LogP contribution in [0, 0.1) is 0 Å². The third-order valence-corrected chi connectivity index (χ3v) is 4.23. The van der Waals surface area contributed by atoms with E-state index in [9.17, 15) is 4.79 Å². The Morgan fingerprint density at radius 2 is 1.78 bits per heavy atom. The number of hydrogen-bond donors (Lipinski definition) is 0. The molecule has 120 valence electrons. The third kappa shape index (κ3) is 3.83. The molecular weight excluding hydrogens is 290 g/mol. The summed E-state index contributed by atoms with van der Waals surface area (Å²) in [7, 11) is 1.62. The van der Waals surface area contributed by atoms with Gasteiger partial charge in [-0.15, -0.1) is 0 Å². The van der Waals surface area contributed by atoms with Crippen LogP contribution in [-0.2, 0) is 4.79 Å². The Hall–Kier alpha value is -2.49. The first-order valence-electron chi connectivity index (χ1n) is 7.86. The maximum absolute atomic E-state index is 12.3. The second kappa shape index (κ2) is 7.18. The predicted molar refractivity (Wildman–Crippen MR) is 88.9 cm³/mol. The van der Waals surface area contributed by atoms with Gasteiger partial charge in [-0.05, 0) is 36.2 Å². The van der Waals surface area contributed by atoms with Crippen molar-refractivity contribution in [3.8, 4) is 11.5 Å². The molecule has 4 nitrogen and oxygen atoms in total. The van der Waals surface area contributed by atoms with E-state index in [-0.39, 0.29) is 12.5 Å². The molecule has 1 aliphatic rings. The summed E-state index contributed by atoms with van der Waals surface area (Å²) in [5, 5.41) is 0. The summed E-state index contributed by atoms with van der Waals surface area (Å²) >= 11 is 0. The summed E-state index contributed by atoms with van der Waals surface area (Å²) in [6.07, 6.45) is 1.01. The van der Waals surface area contributed by atoms with E-state index in [4.69, 9.17) is 9.47 Å². The molecule has 0 unspecified atom stereocenters. The van der Waals surface area contributed by atoms with Gasteiger partial charge < -0.3 is 14.4 Å². The quantitative estimate of drug-likeness (QED) is 0.852. The highest BCUT2D eigenvalue weighted by Crippen LogP contribution is 2.27. The molecule has 0 radical (unpaired) electrons. The molecule has 1 aliphatic heterocycles. The van der Waals surface area contributed by atoms with Crippen molar-refractivity contribution in [3.63, 3.8) is 0 Å². The van der Waals surface area contributed by atoms with Crippen molar-refractivity contribution in [1.82, 2.24) is 4.90 Å². The molecule has 0 spiro atoms. The van der Waals surface area contributed by atoms with E-state index in [1.54, 1.807) is 7.11 Å². The molecule has 0 bridgehead atoms. The normalized spacial score (nSPS) is 17.1. The van der Waals surface area contributed by atoms with Crippen LogP contribution in [0.3, 0.4) is 0 Å². The average Bonchev–Trinajstić information content (AvgIpc) is 3.11. The standard InChI is InChI=1S/C19H21NO3/c1-22-17-7-9-18(10-8-17)23-14-19(21)20-12-11-16(13-20)15-5-3-2-4-6-15/h2-10,16H,11-14H2,1H3/t16-/m1/s1. The van der Waals surface area contributed by atoms with Crippen molar-refractivity contribution in [1.29, 1.82) is 0 Å². The van der Waals surface area contributed by atoms with E-state index >= 15 is 0 Å². The molecule has 23 heavy (non-hydrogen) atoms. The number of carbonyl (C=O) groups excluding carboxylic acids is 1. The number of benzene rings is 2. The van der Waals surface area contributed by atoms with Gasteiger partial charge in [-0.2, -0.15) is 0 Å². The van der Waals surface area contributed by atoms with E-state index in [1.807, 2.05) is 47.4 Å². The molecule has 3 rings (SSSR count). The van der Waals surface area contributed by atoms with Crippen LogP contribution in [0.1, 0.15) is 17.9 Å². The number of ether oxygens (including phenoxy) is 2. The van der Waals surface area contributed by atoms with E-state index in [1.165, 1.54) is 5.56 Å². The molecule has 1 heterocycles. The fourth-order valence-corrected chi connectivity index (χ4v) is 2.89. The van der Waals surface area contributed by atoms with Crippen LogP contribution in [0.2, 0.25) is 0 Å². The molecule has 0 saturated carbocycles. The monoisotopic (exact) mass is 311 g/mol. The zero-order valence-electron chi connectivity index (χ0n) is 13.3. The highest BCUT2D eigenvalue weighted by Gasteiger charge is 2.27. The Morgan fingerprint density at radius 3 is 2.48 bits per heavy atom. The number of carbonyl (C=O) groups is 1. The van der Waals surface area contributed by atoms with Crippen LogP contribution in [-0.4, -0.2) is 37.6 Å². The second-order valence-electron chi connectivity index (χ2n) is 5.70. The number of hydrogen-bond acceptors (Lipinski definition) is 3. The van der Waals surface area contributed by atoms with Gasteiger partial charge in [-0.25, -0.2) is 0 Å². The summed E-state index contributed by atoms with van der Waals surface area (Å²) in [6.45, 7) is 1.65. The van der Waals surface area contributed by atoms with Gasteiger partial charge in [0.2, 0.25) is 0 Å². The molecule has 2 aromatic carbocycles. The lowest BCUT2D eigenvalue weighted by Gasteiger charge is -2.17. The number of rotatable bonds is 5. The minimum atomic E-state index is 0.0410. The highest BCUT2D eigenvalue weighted by atomic mass is 16.5. The van der Waals surface area contributed by atoms with Crippen molar-refractivity contribution >= 4 is 5.91 Å². The maximum atomic E-state index is 12.3. The summed E-state index contributed by atoms with van der Waals surface area (Å²) < 4.78 is 10.7. The van der Waals surface area contributed by atoms with Crippen LogP contribution in [0.15, 0.2) is 54.6 Å². The molecule has 0 aliphatic carbocycles. The van der Waals surface area contributed by atoms with Gasteiger partial charge in [0, 0.05) is 19.0 Å². The van der Waals surface area contributed by atoms with Gasteiger partial charge >= 0.3 is 0 Å². The number of methoxy groups -OCH3 is 1. The minimum absolute atomic E-state index is 0.0410. The lowest BCUT2D eigenvalue weighted by Crippen LogP contribution is -2.32. The summed E-state index contributed by atoms with van der Waals surface area (Å²) in [5.41, 5.74) is 1.30. The SMILES string of the molecule is COc1ccc(OCC(=O)N2CC[C@@H](c3ccccc3)C2)cc1. The first-order chi connectivity index (χ1) is 11.3. The van der Waals surface area contributed by atoms with Crippen molar-refractivity contribution in [2.75, 3.05) is 26.8 Å². The predicted octanol–water partition coefficient (Wildman–Crippen LogP) is 3.09. The van der Waals surface area contributed by atoms with Crippen LogP contribution in [0.4, 0.5) is 0 Å². The Bertz CT molecular complexity index is 639. The van der Waals surface area contributed by atoms with E-state index < -0.39 is 0 Å². The fraction of sp³-hybridized carbons (Fsp3) is 0.316. The largest absolute Gasteiger partial charge is 0.497 e. The summed E-state index contributed by atoms with van der Waals surface area (Å²) in [4.78, 5) is 14.2. The topological polar surface area (TPSA) is 38.8 Å². The minimum Gasteiger partial charge on any atom is -0.497 e. The summed E-state index contributed by atoms with van der Waals surface area (Å²) in [6, 6.07) is 17.6. The van der Waals surface area contributed by atoms with E-state index in [0.29, 0.717) is 11.7 Å². The lowest BCUT2D eigenvalue weighted by molar-refractivity contribution is -0.132. The highest BCUT2D eigenvalue weighted by molar-refractivity contribution is 5.78. The number of nitrogens with zero attached hydrogens (tertiary/aromatic N) is 1. The Kier molecular flexibility index (Phi) is 4.81. The van der Waals surface area contributed by atoms with Gasteiger partial charge in [0.25, 0.3) is 5.91 Å². The van der Waals surface area contributed by atoms with Crippen LogP contribution >= 0.6 is 0 Å². The zero-order chi connectivity index (χ0) is 16.1. The lowest BCUT2D eigenvalue weighted by atomic mass is 9.99. The zero-order valence-corrected chi connectivity index (χ0v) is 13.3. The smallest absolute Gasteiger partial charge is 0.260 e. The van der Waals surface area contributed by atoms with Gasteiger partial charge in [-0.1, -0.05) is 30.3 Å². The van der Waals surface area contributed by atoms with E-state index in [2.05, 4.69) is 12.1 Å². The Labute approximate surface area is 136 Å². The van der Waals surface area contributed by atoms with Gasteiger partial charge in [0.1, 0.15) is 11.5 Å². The molecule has 0 N–H and O–H groups in total. The van der Waals surface area contributed by atoms with Gasteiger partial charge in [0.05, 0.1) is 7.11 Å². The molecule has 1 fully saturated rings. The number of amides is 1. The molecule has 0 aromatic heterocycles. The molecule has 1 saturated heterocycles.